The molecule has 4 rings (SSSR count). The summed E-state index contributed by atoms with van der Waals surface area (Å²) >= 11 is 6.01. The first-order valence-electron chi connectivity index (χ1n) is 7.55. The molecule has 2 aromatic heterocycles. The molecule has 0 bridgehead atoms. The van der Waals surface area contributed by atoms with Crippen LogP contribution in [0.4, 0.5) is 4.39 Å². The summed E-state index contributed by atoms with van der Waals surface area (Å²) in [6.07, 6.45) is 2.92. The van der Waals surface area contributed by atoms with Crippen LogP contribution in [0.25, 0.3) is 16.7 Å². The Hall–Kier alpha value is -2.99. The molecule has 25 heavy (non-hydrogen) atoms. The van der Waals surface area contributed by atoms with Gasteiger partial charge in [-0.1, -0.05) is 29.8 Å². The van der Waals surface area contributed by atoms with Gasteiger partial charge in [-0.25, -0.2) is 14.1 Å². The first-order valence-corrected chi connectivity index (χ1v) is 7.93. The van der Waals surface area contributed by atoms with E-state index in [1.54, 1.807) is 35.0 Å². The van der Waals surface area contributed by atoms with Crippen molar-refractivity contribution in [2.75, 3.05) is 0 Å². The van der Waals surface area contributed by atoms with Gasteiger partial charge in [0, 0.05) is 5.02 Å². The van der Waals surface area contributed by atoms with Crippen molar-refractivity contribution >= 4 is 22.6 Å². The van der Waals surface area contributed by atoms with E-state index in [-0.39, 0.29) is 17.9 Å². The van der Waals surface area contributed by atoms with E-state index in [0.29, 0.717) is 21.6 Å². The largest absolute Gasteiger partial charge is 0.294 e. The van der Waals surface area contributed by atoms with Crippen LogP contribution in [0.2, 0.25) is 5.02 Å². The molecular weight excluding hydrogens is 343 g/mol. The molecule has 0 saturated heterocycles. The van der Waals surface area contributed by atoms with Gasteiger partial charge in [0.2, 0.25) is 0 Å². The summed E-state index contributed by atoms with van der Waals surface area (Å²) in [6.45, 7) is 0.238. The van der Waals surface area contributed by atoms with E-state index >= 15 is 0 Å². The molecule has 0 saturated carbocycles. The van der Waals surface area contributed by atoms with Gasteiger partial charge in [0.15, 0.2) is 5.65 Å². The smallest absolute Gasteiger partial charge is 0.264 e. The molecule has 2 aromatic carbocycles. The highest BCUT2D eigenvalue weighted by Crippen LogP contribution is 2.17. The third-order valence-electron chi connectivity index (χ3n) is 3.85. The average molecular weight is 355 g/mol. The molecule has 0 aliphatic heterocycles. The minimum absolute atomic E-state index is 0.234. The van der Waals surface area contributed by atoms with Crippen molar-refractivity contribution in [1.29, 1.82) is 0 Å². The molecule has 0 N–H and O–H groups in total. The monoisotopic (exact) mass is 354 g/mol. The van der Waals surface area contributed by atoms with Gasteiger partial charge >= 0.3 is 0 Å². The first-order chi connectivity index (χ1) is 12.1. The standard InChI is InChI=1S/C18H12ClFN4O/c19-13-4-2-6-15(8-13)24-17-16(9-22-24)18(25)23(11-21-17)10-12-3-1-5-14(20)7-12/h1-9,11H,10H2. The van der Waals surface area contributed by atoms with Crippen molar-refractivity contribution in [2.24, 2.45) is 0 Å². The van der Waals surface area contributed by atoms with Gasteiger partial charge in [0.05, 0.1) is 18.4 Å². The maximum absolute atomic E-state index is 13.3. The van der Waals surface area contributed by atoms with E-state index < -0.39 is 0 Å². The van der Waals surface area contributed by atoms with E-state index in [1.165, 1.54) is 29.2 Å². The Morgan fingerprint density at radius 3 is 2.76 bits per heavy atom. The van der Waals surface area contributed by atoms with E-state index in [4.69, 9.17) is 11.6 Å². The number of nitrogens with zero attached hydrogens (tertiary/aromatic N) is 4. The molecule has 124 valence electrons. The van der Waals surface area contributed by atoms with E-state index in [9.17, 15) is 9.18 Å². The van der Waals surface area contributed by atoms with Crippen molar-refractivity contribution in [2.45, 2.75) is 6.54 Å². The number of benzene rings is 2. The highest BCUT2D eigenvalue weighted by molar-refractivity contribution is 6.30. The van der Waals surface area contributed by atoms with Crippen LogP contribution in [0.15, 0.2) is 65.8 Å². The Kier molecular flexibility index (Phi) is 3.82. The number of halogens is 2. The maximum Gasteiger partial charge on any atom is 0.264 e. The number of rotatable bonds is 3. The molecule has 4 aromatic rings. The van der Waals surface area contributed by atoms with Gasteiger partial charge in [0.25, 0.3) is 5.56 Å². The van der Waals surface area contributed by atoms with Crippen LogP contribution in [-0.4, -0.2) is 19.3 Å². The molecule has 0 aliphatic rings. The van der Waals surface area contributed by atoms with E-state index in [2.05, 4.69) is 10.1 Å². The highest BCUT2D eigenvalue weighted by atomic mass is 35.5. The average Bonchev–Trinajstić information content (AvgIpc) is 3.02. The van der Waals surface area contributed by atoms with Crippen LogP contribution < -0.4 is 5.56 Å². The SMILES string of the molecule is O=c1c2cnn(-c3cccc(Cl)c3)c2ncn1Cc1cccc(F)c1. The summed E-state index contributed by atoms with van der Waals surface area (Å²) in [4.78, 5) is 17.0. The number of hydrogen-bond acceptors (Lipinski definition) is 3. The molecule has 0 aliphatic carbocycles. The Labute approximate surface area is 146 Å². The minimum Gasteiger partial charge on any atom is -0.294 e. The van der Waals surface area contributed by atoms with Gasteiger partial charge in [0.1, 0.15) is 17.5 Å². The fourth-order valence-electron chi connectivity index (χ4n) is 2.69. The lowest BCUT2D eigenvalue weighted by atomic mass is 10.2. The van der Waals surface area contributed by atoms with Crippen molar-refractivity contribution in [3.63, 3.8) is 0 Å². The van der Waals surface area contributed by atoms with Crippen LogP contribution in [0.3, 0.4) is 0 Å². The van der Waals surface area contributed by atoms with Crippen LogP contribution in [0, 0.1) is 5.82 Å². The van der Waals surface area contributed by atoms with Crippen LogP contribution in [0.1, 0.15) is 5.56 Å². The second-order valence-corrected chi connectivity index (χ2v) is 6.02. The molecule has 0 amide bonds. The van der Waals surface area contributed by atoms with Crippen LogP contribution in [-0.2, 0) is 6.54 Å². The van der Waals surface area contributed by atoms with Gasteiger partial charge < -0.3 is 0 Å². The number of aromatic nitrogens is 4. The Morgan fingerprint density at radius 2 is 1.96 bits per heavy atom. The van der Waals surface area contributed by atoms with Gasteiger partial charge in [-0.3, -0.25) is 9.36 Å². The molecule has 0 spiro atoms. The zero-order valence-electron chi connectivity index (χ0n) is 12.9. The van der Waals surface area contributed by atoms with Crippen LogP contribution >= 0.6 is 11.6 Å². The second kappa shape index (κ2) is 6.14. The lowest BCUT2D eigenvalue weighted by molar-refractivity contribution is 0.622. The van der Waals surface area contributed by atoms with Crippen molar-refractivity contribution < 1.29 is 4.39 Å². The zero-order valence-corrected chi connectivity index (χ0v) is 13.7. The fraction of sp³-hybridized carbons (Fsp3) is 0.0556. The summed E-state index contributed by atoms with van der Waals surface area (Å²) in [5.41, 5.74) is 1.62. The summed E-state index contributed by atoms with van der Waals surface area (Å²) in [6, 6.07) is 13.3. The van der Waals surface area contributed by atoms with Gasteiger partial charge in [-0.05, 0) is 35.9 Å². The highest BCUT2D eigenvalue weighted by Gasteiger charge is 2.12. The zero-order chi connectivity index (χ0) is 17.4. The predicted octanol–water partition coefficient (Wildman–Crippen LogP) is 3.42. The fourth-order valence-corrected chi connectivity index (χ4v) is 2.87. The van der Waals surface area contributed by atoms with Crippen LogP contribution in [0.5, 0.6) is 0 Å². The quantitative estimate of drug-likeness (QED) is 0.566. The third kappa shape index (κ3) is 2.92. The van der Waals surface area contributed by atoms with E-state index in [1.807, 2.05) is 6.07 Å². The van der Waals surface area contributed by atoms with Gasteiger partial charge in [-0.15, -0.1) is 0 Å². The Morgan fingerprint density at radius 1 is 1.12 bits per heavy atom. The third-order valence-corrected chi connectivity index (χ3v) is 4.08. The molecule has 0 unspecified atom stereocenters. The number of hydrogen-bond donors (Lipinski definition) is 0. The Balaban J connectivity index is 1.78. The van der Waals surface area contributed by atoms with E-state index in [0.717, 1.165) is 5.69 Å². The topological polar surface area (TPSA) is 52.7 Å². The molecule has 5 nitrogen and oxygen atoms in total. The second-order valence-electron chi connectivity index (χ2n) is 5.58. The first kappa shape index (κ1) is 15.5. The molecule has 2 heterocycles. The maximum atomic E-state index is 13.3. The summed E-state index contributed by atoms with van der Waals surface area (Å²) < 4.78 is 16.3. The van der Waals surface area contributed by atoms with Gasteiger partial charge in [-0.2, -0.15) is 5.10 Å². The molecule has 7 heteroatoms. The van der Waals surface area contributed by atoms with Crippen molar-refractivity contribution in [3.8, 4) is 5.69 Å². The normalized spacial score (nSPS) is 11.1. The molecule has 0 fully saturated rings. The summed E-state index contributed by atoms with van der Waals surface area (Å²) in [5.74, 6) is -0.339. The lowest BCUT2D eigenvalue weighted by Gasteiger charge is -2.07. The lowest BCUT2D eigenvalue weighted by Crippen LogP contribution is -2.21. The minimum atomic E-state index is -0.339. The predicted molar refractivity (Wildman–Crippen MR) is 93.6 cm³/mol. The van der Waals surface area contributed by atoms with Crippen molar-refractivity contribution in [3.05, 3.63) is 87.8 Å². The summed E-state index contributed by atoms with van der Waals surface area (Å²) in [5, 5.41) is 5.21. The molecule has 0 radical (unpaired) electrons. The van der Waals surface area contributed by atoms with Crippen molar-refractivity contribution in [1.82, 2.24) is 19.3 Å². The summed E-state index contributed by atoms with van der Waals surface area (Å²) in [7, 11) is 0. The number of fused-ring (bicyclic) bond motifs is 1. The molecule has 0 atom stereocenters. The Bertz CT molecular complexity index is 1140. The molecular formula is C18H12ClFN4O.